The minimum atomic E-state index is -0.574. The van der Waals surface area contributed by atoms with Crippen LogP contribution >= 0.6 is 31.9 Å². The normalized spacial score (nSPS) is 16.6. The van der Waals surface area contributed by atoms with E-state index in [1.807, 2.05) is 0 Å². The fourth-order valence-corrected chi connectivity index (χ4v) is 2.08. The van der Waals surface area contributed by atoms with Crippen LogP contribution in [0, 0.1) is 0 Å². The Bertz CT molecular complexity index is 413. The lowest BCUT2D eigenvalue weighted by Crippen LogP contribution is -2.34. The topological polar surface area (TPSA) is 63.7 Å². The number of carbonyl (C=O) groups is 3. The van der Waals surface area contributed by atoms with E-state index in [0.29, 0.717) is 0 Å². The fourth-order valence-electron chi connectivity index (χ4n) is 1.32. The van der Waals surface area contributed by atoms with Gasteiger partial charge in [-0.25, -0.2) is 0 Å². The highest BCUT2D eigenvalue weighted by molar-refractivity contribution is 9.14. The highest BCUT2D eigenvalue weighted by Crippen LogP contribution is 2.29. The molecule has 5 nitrogen and oxygen atoms in total. The molecule has 1 aliphatic rings. The summed E-state index contributed by atoms with van der Waals surface area (Å²) in [6.45, 7) is 5.28. The molecule has 0 aromatic carbocycles. The molecule has 0 N–H and O–H groups in total. The third-order valence-electron chi connectivity index (χ3n) is 2.02. The number of carbonyl (C=O) groups excluding carboxylic acids is 3. The van der Waals surface area contributed by atoms with Gasteiger partial charge in [0.15, 0.2) is 0 Å². The molecule has 100 valence electrons. The van der Waals surface area contributed by atoms with Crippen molar-refractivity contribution in [2.45, 2.75) is 32.8 Å². The van der Waals surface area contributed by atoms with Gasteiger partial charge >= 0.3 is 5.97 Å². The van der Waals surface area contributed by atoms with Crippen LogP contribution in [0.4, 0.5) is 0 Å². The third kappa shape index (κ3) is 3.65. The number of esters is 1. The van der Waals surface area contributed by atoms with Gasteiger partial charge in [0, 0.05) is 6.54 Å². The summed E-state index contributed by atoms with van der Waals surface area (Å²) >= 11 is 6.02. The summed E-state index contributed by atoms with van der Waals surface area (Å²) in [5.74, 6) is -1.34. The minimum Gasteiger partial charge on any atom is -0.460 e. The average molecular weight is 383 g/mol. The van der Waals surface area contributed by atoms with Crippen LogP contribution in [0.1, 0.15) is 27.2 Å². The zero-order chi connectivity index (χ0) is 14.1. The lowest BCUT2D eigenvalue weighted by molar-refractivity contribution is -0.155. The van der Waals surface area contributed by atoms with Crippen molar-refractivity contribution in [3.05, 3.63) is 8.96 Å². The van der Waals surface area contributed by atoms with Crippen molar-refractivity contribution >= 4 is 49.6 Å². The van der Waals surface area contributed by atoms with E-state index in [4.69, 9.17) is 4.74 Å². The highest BCUT2D eigenvalue weighted by Gasteiger charge is 2.36. The molecule has 0 saturated heterocycles. The van der Waals surface area contributed by atoms with E-state index in [-0.39, 0.29) is 21.9 Å². The number of imide groups is 1. The van der Waals surface area contributed by atoms with Crippen molar-refractivity contribution < 1.29 is 19.1 Å². The lowest BCUT2D eigenvalue weighted by atomic mass is 10.2. The second kappa shape index (κ2) is 5.52. The molecule has 0 fully saturated rings. The molecule has 1 aliphatic heterocycles. The maximum absolute atomic E-state index is 11.6. The summed E-state index contributed by atoms with van der Waals surface area (Å²) in [4.78, 5) is 35.8. The molecule has 1 heterocycles. The van der Waals surface area contributed by atoms with Gasteiger partial charge in [-0.3, -0.25) is 19.3 Å². The van der Waals surface area contributed by atoms with E-state index >= 15 is 0 Å². The number of ether oxygens (including phenoxy) is 1. The molecule has 2 amide bonds. The monoisotopic (exact) mass is 381 g/mol. The van der Waals surface area contributed by atoms with Crippen LogP contribution in [0.15, 0.2) is 8.96 Å². The second-order valence-electron chi connectivity index (χ2n) is 4.73. The Morgan fingerprint density at radius 2 is 1.61 bits per heavy atom. The number of rotatable bonds is 3. The predicted octanol–water partition coefficient (Wildman–Crippen LogP) is 2.09. The van der Waals surface area contributed by atoms with E-state index in [1.54, 1.807) is 20.8 Å². The number of hydrogen-bond donors (Lipinski definition) is 0. The molecular weight excluding hydrogens is 370 g/mol. The number of halogens is 2. The van der Waals surface area contributed by atoms with Crippen molar-refractivity contribution in [1.29, 1.82) is 0 Å². The first kappa shape index (κ1) is 15.4. The van der Waals surface area contributed by atoms with Gasteiger partial charge in [-0.05, 0) is 52.6 Å². The predicted molar refractivity (Wildman–Crippen MR) is 72.1 cm³/mol. The van der Waals surface area contributed by atoms with Crippen molar-refractivity contribution in [2.75, 3.05) is 6.54 Å². The summed E-state index contributed by atoms with van der Waals surface area (Å²) in [5.41, 5.74) is -0.574. The molecule has 7 heteroatoms. The van der Waals surface area contributed by atoms with Gasteiger partial charge in [-0.15, -0.1) is 0 Å². The summed E-state index contributed by atoms with van der Waals surface area (Å²) in [7, 11) is 0. The van der Waals surface area contributed by atoms with Crippen LogP contribution in [0.5, 0.6) is 0 Å². The second-order valence-corrected chi connectivity index (χ2v) is 6.31. The Balaban J connectivity index is 2.55. The van der Waals surface area contributed by atoms with Crippen LogP contribution in [0.25, 0.3) is 0 Å². The molecule has 0 saturated carbocycles. The van der Waals surface area contributed by atoms with E-state index in [9.17, 15) is 14.4 Å². The lowest BCUT2D eigenvalue weighted by Gasteiger charge is -2.20. The van der Waals surface area contributed by atoms with Crippen molar-refractivity contribution in [3.63, 3.8) is 0 Å². The standard InChI is InChI=1S/C11H13Br2NO4/c1-11(2,3)18-6(15)4-5-14-9(16)7(12)8(13)10(14)17/h4-5H2,1-3H3. The Labute approximate surface area is 122 Å². The maximum Gasteiger partial charge on any atom is 0.308 e. The molecular formula is C11H13Br2NO4. The Hall–Kier alpha value is -0.690. The van der Waals surface area contributed by atoms with Crippen molar-refractivity contribution in [3.8, 4) is 0 Å². The van der Waals surface area contributed by atoms with Crippen LogP contribution in [0.3, 0.4) is 0 Å². The first-order valence-electron chi connectivity index (χ1n) is 5.27. The van der Waals surface area contributed by atoms with Crippen molar-refractivity contribution in [2.24, 2.45) is 0 Å². The average Bonchev–Trinajstić information content (AvgIpc) is 2.39. The maximum atomic E-state index is 11.6. The number of hydrogen-bond acceptors (Lipinski definition) is 4. The van der Waals surface area contributed by atoms with Crippen LogP contribution < -0.4 is 0 Å². The molecule has 0 aliphatic carbocycles. The molecule has 0 aromatic heterocycles. The first-order valence-corrected chi connectivity index (χ1v) is 6.85. The van der Waals surface area contributed by atoms with E-state index < -0.39 is 23.4 Å². The van der Waals surface area contributed by atoms with Gasteiger partial charge in [-0.2, -0.15) is 0 Å². The summed E-state index contributed by atoms with van der Waals surface area (Å²) in [5, 5.41) is 0. The SMILES string of the molecule is CC(C)(C)OC(=O)CCN1C(=O)C(Br)=C(Br)C1=O. The summed E-state index contributed by atoms with van der Waals surface area (Å²) in [6, 6.07) is 0. The van der Waals surface area contributed by atoms with Gasteiger partial charge in [0.05, 0.1) is 6.42 Å². The van der Waals surface area contributed by atoms with Crippen molar-refractivity contribution in [1.82, 2.24) is 4.90 Å². The van der Waals surface area contributed by atoms with E-state index in [0.717, 1.165) is 4.90 Å². The largest absolute Gasteiger partial charge is 0.460 e. The number of nitrogens with zero attached hydrogens (tertiary/aromatic N) is 1. The molecule has 0 spiro atoms. The Kier molecular flexibility index (Phi) is 4.72. The minimum absolute atomic E-state index is 0.0107. The quantitative estimate of drug-likeness (QED) is 0.553. The van der Waals surface area contributed by atoms with Gasteiger partial charge in [0.25, 0.3) is 11.8 Å². The van der Waals surface area contributed by atoms with E-state index in [2.05, 4.69) is 31.9 Å². The van der Waals surface area contributed by atoms with Crippen LogP contribution in [-0.4, -0.2) is 34.8 Å². The van der Waals surface area contributed by atoms with E-state index in [1.165, 1.54) is 0 Å². The molecule has 0 bridgehead atoms. The van der Waals surface area contributed by atoms with Crippen LogP contribution in [0.2, 0.25) is 0 Å². The summed E-state index contributed by atoms with van der Waals surface area (Å²) in [6.07, 6.45) is -0.0185. The Morgan fingerprint density at radius 1 is 1.17 bits per heavy atom. The molecule has 0 atom stereocenters. The molecule has 18 heavy (non-hydrogen) atoms. The Morgan fingerprint density at radius 3 is 2.00 bits per heavy atom. The van der Waals surface area contributed by atoms with Gasteiger partial charge in [0.2, 0.25) is 0 Å². The fraction of sp³-hybridized carbons (Fsp3) is 0.545. The summed E-state index contributed by atoms with van der Waals surface area (Å²) < 4.78 is 5.45. The van der Waals surface area contributed by atoms with Gasteiger partial charge < -0.3 is 4.74 Å². The zero-order valence-electron chi connectivity index (χ0n) is 10.3. The first-order chi connectivity index (χ1) is 8.13. The van der Waals surface area contributed by atoms with Gasteiger partial charge in [-0.1, -0.05) is 0 Å². The molecule has 0 unspecified atom stereocenters. The molecule has 0 radical (unpaired) electrons. The van der Waals surface area contributed by atoms with Gasteiger partial charge in [0.1, 0.15) is 14.6 Å². The molecule has 1 rings (SSSR count). The molecule has 0 aromatic rings. The van der Waals surface area contributed by atoms with Crippen LogP contribution in [-0.2, 0) is 19.1 Å². The smallest absolute Gasteiger partial charge is 0.308 e. The highest BCUT2D eigenvalue weighted by atomic mass is 79.9. The third-order valence-corrected chi connectivity index (χ3v) is 4.02. The number of amides is 2. The zero-order valence-corrected chi connectivity index (χ0v) is 13.4.